The van der Waals surface area contributed by atoms with Crippen LogP contribution in [0.2, 0.25) is 0 Å². The molecule has 0 saturated carbocycles. The molecule has 0 aliphatic carbocycles. The molecule has 1 aromatic rings. The Labute approximate surface area is 123 Å². The van der Waals surface area contributed by atoms with Gasteiger partial charge in [0.25, 0.3) is 0 Å². The number of thiophene rings is 1. The zero-order chi connectivity index (χ0) is 14.0. The van der Waals surface area contributed by atoms with Crippen molar-refractivity contribution in [1.82, 2.24) is 4.90 Å². The first-order valence-corrected chi connectivity index (χ1v) is 7.48. The number of morpholine rings is 1. The summed E-state index contributed by atoms with van der Waals surface area (Å²) in [6.07, 6.45) is -0.917. The van der Waals surface area contributed by atoms with Crippen LogP contribution in [0.5, 0.6) is 0 Å². The van der Waals surface area contributed by atoms with Gasteiger partial charge in [0.1, 0.15) is 0 Å². The summed E-state index contributed by atoms with van der Waals surface area (Å²) in [4.78, 5) is 25.8. The molecule has 1 aliphatic heterocycles. The van der Waals surface area contributed by atoms with E-state index in [9.17, 15) is 9.59 Å². The number of carbonyl (C=O) groups is 2. The van der Waals surface area contributed by atoms with Gasteiger partial charge in [0.15, 0.2) is 6.10 Å². The van der Waals surface area contributed by atoms with E-state index in [2.05, 4.69) is 15.9 Å². The molecule has 0 unspecified atom stereocenters. The molecule has 1 aliphatic rings. The number of nitrogens with zero attached hydrogens (tertiary/aromatic N) is 1. The number of carbonyl (C=O) groups excluding carboxylic acids is 1. The first-order valence-electron chi connectivity index (χ1n) is 5.87. The zero-order valence-corrected chi connectivity index (χ0v) is 12.7. The number of rotatable bonds is 3. The van der Waals surface area contributed by atoms with Gasteiger partial charge in [0.2, 0.25) is 5.91 Å². The topological polar surface area (TPSA) is 66.8 Å². The van der Waals surface area contributed by atoms with Gasteiger partial charge in [-0.3, -0.25) is 4.79 Å². The molecular weight excluding hydrogens is 334 g/mol. The van der Waals surface area contributed by atoms with Gasteiger partial charge in [0.05, 0.1) is 22.9 Å². The minimum atomic E-state index is -1.02. The number of carboxylic acids is 1. The lowest BCUT2D eigenvalue weighted by Crippen LogP contribution is -2.49. The monoisotopic (exact) mass is 347 g/mol. The zero-order valence-electron chi connectivity index (χ0n) is 10.3. The highest BCUT2D eigenvalue weighted by Crippen LogP contribution is 2.29. The first-order chi connectivity index (χ1) is 8.99. The van der Waals surface area contributed by atoms with Gasteiger partial charge >= 0.3 is 5.97 Å². The van der Waals surface area contributed by atoms with Crippen molar-refractivity contribution in [3.63, 3.8) is 0 Å². The number of halogens is 1. The van der Waals surface area contributed by atoms with Crippen LogP contribution in [0.15, 0.2) is 15.9 Å². The Hall–Kier alpha value is -0.920. The molecule has 5 nitrogen and oxygen atoms in total. The van der Waals surface area contributed by atoms with Crippen LogP contribution in [-0.2, 0) is 14.3 Å². The minimum absolute atomic E-state index is 0.0519. The Morgan fingerprint density at radius 3 is 2.89 bits per heavy atom. The molecule has 1 N–H and O–H groups in total. The smallest absolute Gasteiger partial charge is 0.334 e. The minimum Gasteiger partial charge on any atom is -0.479 e. The van der Waals surface area contributed by atoms with Crippen LogP contribution in [0, 0.1) is 0 Å². The second kappa shape index (κ2) is 6.02. The maximum Gasteiger partial charge on any atom is 0.334 e. The third kappa shape index (κ3) is 3.34. The van der Waals surface area contributed by atoms with Crippen molar-refractivity contribution in [2.45, 2.75) is 18.9 Å². The Morgan fingerprint density at radius 1 is 1.58 bits per heavy atom. The molecule has 1 fully saturated rings. The van der Waals surface area contributed by atoms with Crippen LogP contribution < -0.4 is 0 Å². The molecule has 0 spiro atoms. The molecule has 2 rings (SSSR count). The fraction of sp³-hybridized carbons (Fsp3) is 0.500. The predicted molar refractivity (Wildman–Crippen MR) is 74.4 cm³/mol. The summed E-state index contributed by atoms with van der Waals surface area (Å²) in [6.45, 7) is 2.67. The van der Waals surface area contributed by atoms with E-state index in [1.165, 1.54) is 11.3 Å². The van der Waals surface area contributed by atoms with E-state index < -0.39 is 12.1 Å². The van der Waals surface area contributed by atoms with E-state index in [-0.39, 0.29) is 25.0 Å². The average molecular weight is 348 g/mol. The van der Waals surface area contributed by atoms with Crippen LogP contribution in [0.1, 0.15) is 17.7 Å². The van der Waals surface area contributed by atoms with Gasteiger partial charge in [-0.25, -0.2) is 4.79 Å². The molecule has 2 atom stereocenters. The molecule has 1 aromatic heterocycles. The number of ether oxygens (including phenoxy) is 1. The summed E-state index contributed by atoms with van der Waals surface area (Å²) >= 11 is 4.89. The van der Waals surface area contributed by atoms with Crippen molar-refractivity contribution in [3.8, 4) is 0 Å². The van der Waals surface area contributed by atoms with Gasteiger partial charge < -0.3 is 14.7 Å². The normalized spacial score (nSPS) is 21.2. The highest BCUT2D eigenvalue weighted by molar-refractivity contribution is 9.11. The Bertz CT molecular complexity index is 490. The second-order valence-electron chi connectivity index (χ2n) is 4.35. The molecule has 7 heteroatoms. The summed E-state index contributed by atoms with van der Waals surface area (Å²) < 4.78 is 6.09. The molecule has 1 amide bonds. The lowest BCUT2D eigenvalue weighted by Gasteiger charge is -2.32. The third-order valence-electron chi connectivity index (χ3n) is 3.04. The number of hydrogen-bond donors (Lipinski definition) is 1. The standard InChI is InChI=1S/C12H14BrNO4S/c1-7(9-2-3-10(13)19-9)11(15)14-4-5-18-8(6-14)12(16)17/h2-3,7-8H,4-6H2,1H3,(H,16,17)/t7-,8+/m1/s1. The summed E-state index contributed by atoms with van der Waals surface area (Å²) in [5, 5.41) is 8.93. The van der Waals surface area contributed by atoms with Crippen molar-refractivity contribution in [3.05, 3.63) is 20.8 Å². The molecule has 0 radical (unpaired) electrons. The maximum absolute atomic E-state index is 12.3. The highest BCUT2D eigenvalue weighted by Gasteiger charge is 2.31. The van der Waals surface area contributed by atoms with E-state index in [0.717, 1.165) is 8.66 Å². The summed E-state index contributed by atoms with van der Waals surface area (Å²) in [7, 11) is 0. The first kappa shape index (κ1) is 14.5. The molecule has 2 heterocycles. The van der Waals surface area contributed by atoms with Crippen molar-refractivity contribution in [2.75, 3.05) is 19.7 Å². The van der Waals surface area contributed by atoms with Crippen LogP contribution >= 0.6 is 27.3 Å². The van der Waals surface area contributed by atoms with Gasteiger partial charge in [0, 0.05) is 11.4 Å². The van der Waals surface area contributed by atoms with Gasteiger partial charge in [-0.2, -0.15) is 0 Å². The molecule has 104 valence electrons. The number of amides is 1. The fourth-order valence-corrected chi connectivity index (χ4v) is 3.42. The van der Waals surface area contributed by atoms with Gasteiger partial charge in [-0.15, -0.1) is 11.3 Å². The highest BCUT2D eigenvalue weighted by atomic mass is 79.9. The van der Waals surface area contributed by atoms with Crippen molar-refractivity contribution < 1.29 is 19.4 Å². The van der Waals surface area contributed by atoms with Gasteiger partial charge in [-0.05, 0) is 35.0 Å². The van der Waals surface area contributed by atoms with E-state index >= 15 is 0 Å². The van der Waals surface area contributed by atoms with Crippen molar-refractivity contribution in [2.24, 2.45) is 0 Å². The number of hydrogen-bond acceptors (Lipinski definition) is 4. The SMILES string of the molecule is C[C@@H](C(=O)N1CCO[C@H](C(=O)O)C1)c1ccc(Br)s1. The second-order valence-corrected chi connectivity index (χ2v) is 6.84. The third-order valence-corrected chi connectivity index (χ3v) is 4.85. The molecule has 0 bridgehead atoms. The van der Waals surface area contributed by atoms with Crippen LogP contribution in [0.4, 0.5) is 0 Å². The van der Waals surface area contributed by atoms with Crippen LogP contribution in [0.25, 0.3) is 0 Å². The molecular formula is C12H14BrNO4S. The Kier molecular flexibility index (Phi) is 4.59. The lowest BCUT2D eigenvalue weighted by atomic mass is 10.1. The van der Waals surface area contributed by atoms with Crippen LogP contribution in [-0.4, -0.2) is 47.7 Å². The number of carboxylic acid groups (broad SMARTS) is 1. The average Bonchev–Trinajstić information content (AvgIpc) is 2.84. The molecule has 19 heavy (non-hydrogen) atoms. The van der Waals surface area contributed by atoms with Crippen molar-refractivity contribution in [1.29, 1.82) is 0 Å². The van der Waals surface area contributed by atoms with E-state index in [1.54, 1.807) is 4.90 Å². The number of aliphatic carboxylic acids is 1. The van der Waals surface area contributed by atoms with E-state index in [4.69, 9.17) is 9.84 Å². The summed E-state index contributed by atoms with van der Waals surface area (Å²) in [6, 6.07) is 3.82. The van der Waals surface area contributed by atoms with Crippen molar-refractivity contribution >= 4 is 39.1 Å². The van der Waals surface area contributed by atoms with Gasteiger partial charge in [-0.1, -0.05) is 0 Å². The van der Waals surface area contributed by atoms with Crippen LogP contribution in [0.3, 0.4) is 0 Å². The largest absolute Gasteiger partial charge is 0.479 e. The fourth-order valence-electron chi connectivity index (χ4n) is 1.96. The molecule has 0 aromatic carbocycles. The molecule has 1 saturated heterocycles. The maximum atomic E-state index is 12.3. The predicted octanol–water partition coefficient (Wildman–Crippen LogP) is 1.93. The summed E-state index contributed by atoms with van der Waals surface area (Å²) in [5.74, 6) is -1.34. The Balaban J connectivity index is 2.04. The quantitative estimate of drug-likeness (QED) is 0.907. The lowest BCUT2D eigenvalue weighted by molar-refractivity contribution is -0.159. The Morgan fingerprint density at radius 2 is 2.32 bits per heavy atom. The van der Waals surface area contributed by atoms with E-state index in [1.807, 2.05) is 19.1 Å². The summed E-state index contributed by atoms with van der Waals surface area (Å²) in [5.41, 5.74) is 0. The van der Waals surface area contributed by atoms with E-state index in [0.29, 0.717) is 6.54 Å².